The number of aromatic carboxylic acids is 1. The predicted octanol–water partition coefficient (Wildman–Crippen LogP) is 6.77. The molecule has 0 fully saturated rings. The maximum atomic E-state index is 11.2. The molecule has 4 rings (SSSR count). The van der Waals surface area contributed by atoms with Gasteiger partial charge in [0.05, 0.1) is 11.3 Å². The van der Waals surface area contributed by atoms with Crippen molar-refractivity contribution in [3.05, 3.63) is 124 Å². The fourth-order valence-corrected chi connectivity index (χ4v) is 4.51. The number of benzene rings is 3. The van der Waals surface area contributed by atoms with Gasteiger partial charge in [0.25, 0.3) is 0 Å². The van der Waals surface area contributed by atoms with E-state index >= 15 is 0 Å². The van der Waals surface area contributed by atoms with Crippen LogP contribution in [0.2, 0.25) is 0 Å². The second-order valence-corrected chi connectivity index (χ2v) is 8.80. The van der Waals surface area contributed by atoms with E-state index < -0.39 is 5.97 Å². The van der Waals surface area contributed by atoms with Crippen LogP contribution >= 0.6 is 0 Å². The first-order valence-electron chi connectivity index (χ1n) is 11.5. The van der Waals surface area contributed by atoms with Crippen molar-refractivity contribution in [1.82, 2.24) is 4.98 Å². The van der Waals surface area contributed by atoms with Gasteiger partial charge < -0.3 is 10.3 Å². The number of aryl methyl sites for hydroxylation is 3. The van der Waals surface area contributed by atoms with Crippen LogP contribution in [-0.2, 0) is 0 Å². The zero-order valence-electron chi connectivity index (χ0n) is 20.1. The molecule has 1 aromatic heterocycles. The number of carboxylic acids is 1. The van der Waals surface area contributed by atoms with E-state index in [1.54, 1.807) is 12.1 Å². The highest BCUT2D eigenvalue weighted by molar-refractivity contribution is 6.01. The van der Waals surface area contributed by atoms with E-state index in [4.69, 9.17) is 5.11 Å². The second kappa shape index (κ2) is 10.3. The Balaban J connectivity index is 1.70. The third kappa shape index (κ3) is 5.46. The van der Waals surface area contributed by atoms with Gasteiger partial charge in [-0.2, -0.15) is 0 Å². The number of pyridine rings is 1. The quantitative estimate of drug-likeness (QED) is 0.180. The minimum atomic E-state index is -0.936. The molecule has 1 unspecified atom stereocenters. The first-order valence-corrected chi connectivity index (χ1v) is 11.5. The Bertz CT molecular complexity index is 1350. The summed E-state index contributed by atoms with van der Waals surface area (Å²) in [5, 5.41) is 22.8. The molecule has 0 spiro atoms. The summed E-state index contributed by atoms with van der Waals surface area (Å²) in [6.07, 6.45) is 0.525. The van der Waals surface area contributed by atoms with Gasteiger partial charge >= 0.3 is 5.97 Å². The number of hydrogen-bond acceptors (Lipinski definition) is 4. The summed E-state index contributed by atoms with van der Waals surface area (Å²) in [6, 6.07) is 27.3. The van der Waals surface area contributed by atoms with E-state index in [2.05, 4.69) is 41.3 Å². The SMILES string of the molecule is Cc1cc(C(CC(c2ccc(-c3ccc(C(=O)O)cc3)cc2)c2ccccc2C)=NO)cc(C)n1. The van der Waals surface area contributed by atoms with Crippen LogP contribution < -0.4 is 0 Å². The van der Waals surface area contributed by atoms with E-state index in [-0.39, 0.29) is 11.5 Å². The van der Waals surface area contributed by atoms with Crippen LogP contribution in [0, 0.1) is 20.8 Å². The molecule has 0 saturated heterocycles. The van der Waals surface area contributed by atoms with Crippen LogP contribution in [0.25, 0.3) is 11.1 Å². The summed E-state index contributed by atoms with van der Waals surface area (Å²) in [5.41, 5.74) is 8.92. The molecule has 3 aromatic carbocycles. The van der Waals surface area contributed by atoms with Crippen LogP contribution in [0.5, 0.6) is 0 Å². The van der Waals surface area contributed by atoms with E-state index in [1.807, 2.05) is 62.4 Å². The van der Waals surface area contributed by atoms with Crippen molar-refractivity contribution in [3.8, 4) is 11.1 Å². The number of aromatic nitrogens is 1. The molecule has 0 aliphatic rings. The lowest BCUT2D eigenvalue weighted by atomic mass is 9.83. The molecule has 0 aliphatic carbocycles. The van der Waals surface area contributed by atoms with Crippen molar-refractivity contribution < 1.29 is 15.1 Å². The highest BCUT2D eigenvalue weighted by atomic mass is 16.4. The molecular formula is C30H28N2O3. The maximum Gasteiger partial charge on any atom is 0.335 e. The Morgan fingerprint density at radius 1 is 0.829 bits per heavy atom. The Kier molecular flexibility index (Phi) is 7.06. The molecule has 0 amide bonds. The van der Waals surface area contributed by atoms with E-state index in [0.717, 1.165) is 33.6 Å². The molecule has 176 valence electrons. The van der Waals surface area contributed by atoms with Crippen molar-refractivity contribution in [2.45, 2.75) is 33.1 Å². The van der Waals surface area contributed by atoms with Gasteiger partial charge in [-0.1, -0.05) is 65.8 Å². The van der Waals surface area contributed by atoms with Gasteiger partial charge in [-0.3, -0.25) is 4.98 Å². The fourth-order valence-electron chi connectivity index (χ4n) is 4.51. The normalized spacial score (nSPS) is 12.4. The van der Waals surface area contributed by atoms with Gasteiger partial charge in [0.15, 0.2) is 0 Å². The predicted molar refractivity (Wildman–Crippen MR) is 139 cm³/mol. The van der Waals surface area contributed by atoms with Gasteiger partial charge in [-0.25, -0.2) is 4.79 Å². The lowest BCUT2D eigenvalue weighted by Gasteiger charge is -2.21. The molecule has 0 aliphatic heterocycles. The van der Waals surface area contributed by atoms with Crippen molar-refractivity contribution in [2.75, 3.05) is 0 Å². The Labute approximate surface area is 205 Å². The molecule has 0 radical (unpaired) electrons. The van der Waals surface area contributed by atoms with Crippen LogP contribution in [-0.4, -0.2) is 27.0 Å². The van der Waals surface area contributed by atoms with Crippen LogP contribution in [0.15, 0.2) is 90.1 Å². The minimum absolute atomic E-state index is 0.0145. The fraction of sp³-hybridized carbons (Fsp3) is 0.167. The molecule has 4 aromatic rings. The summed E-state index contributed by atoms with van der Waals surface area (Å²) < 4.78 is 0. The first kappa shape index (κ1) is 23.9. The zero-order valence-corrected chi connectivity index (χ0v) is 20.1. The van der Waals surface area contributed by atoms with Gasteiger partial charge in [0.2, 0.25) is 0 Å². The van der Waals surface area contributed by atoms with Gasteiger partial charge in [-0.15, -0.1) is 0 Å². The molecule has 1 atom stereocenters. The van der Waals surface area contributed by atoms with Gasteiger partial charge in [0, 0.05) is 29.3 Å². The monoisotopic (exact) mass is 464 g/mol. The average Bonchev–Trinajstić information content (AvgIpc) is 2.85. The number of hydrogen-bond donors (Lipinski definition) is 2. The van der Waals surface area contributed by atoms with Crippen molar-refractivity contribution in [1.29, 1.82) is 0 Å². The standard InChI is InChI=1S/C30H28N2O3/c1-19-6-4-5-7-27(19)28(18-29(32-35)26-16-20(2)31-21(3)17-26)24-12-8-22(9-13-24)23-10-14-25(15-11-23)30(33)34/h4-17,28,35H,18H2,1-3H3,(H,33,34). The summed E-state index contributed by atoms with van der Waals surface area (Å²) in [6.45, 7) is 5.97. The van der Waals surface area contributed by atoms with Crippen LogP contribution in [0.4, 0.5) is 0 Å². The van der Waals surface area contributed by atoms with Crippen LogP contribution in [0.3, 0.4) is 0 Å². The molecule has 2 N–H and O–H groups in total. The number of carbonyl (C=O) groups is 1. The molecule has 0 saturated carbocycles. The Hall–Kier alpha value is -4.25. The summed E-state index contributed by atoms with van der Waals surface area (Å²) in [4.78, 5) is 15.6. The molecule has 5 heteroatoms. The third-order valence-electron chi connectivity index (χ3n) is 6.28. The molecule has 0 bridgehead atoms. The maximum absolute atomic E-state index is 11.2. The smallest absolute Gasteiger partial charge is 0.335 e. The Morgan fingerprint density at radius 2 is 1.40 bits per heavy atom. The molecular weight excluding hydrogens is 436 g/mol. The van der Waals surface area contributed by atoms with Gasteiger partial charge in [-0.05, 0) is 72.9 Å². The summed E-state index contributed by atoms with van der Waals surface area (Å²) in [7, 11) is 0. The first-order chi connectivity index (χ1) is 16.9. The lowest BCUT2D eigenvalue weighted by molar-refractivity contribution is 0.0697. The van der Waals surface area contributed by atoms with Gasteiger partial charge in [0.1, 0.15) is 0 Å². The van der Waals surface area contributed by atoms with Crippen molar-refractivity contribution >= 4 is 11.7 Å². The summed E-state index contributed by atoms with van der Waals surface area (Å²) >= 11 is 0. The van der Waals surface area contributed by atoms with E-state index in [9.17, 15) is 10.0 Å². The molecule has 5 nitrogen and oxygen atoms in total. The topological polar surface area (TPSA) is 82.8 Å². The highest BCUT2D eigenvalue weighted by Gasteiger charge is 2.21. The zero-order chi connectivity index (χ0) is 24.9. The van der Waals surface area contributed by atoms with E-state index in [0.29, 0.717) is 12.1 Å². The number of oxime groups is 1. The molecule has 1 heterocycles. The average molecular weight is 465 g/mol. The summed E-state index contributed by atoms with van der Waals surface area (Å²) in [5.74, 6) is -0.951. The van der Waals surface area contributed by atoms with Crippen molar-refractivity contribution in [2.24, 2.45) is 5.16 Å². The Morgan fingerprint density at radius 3 is 1.94 bits per heavy atom. The number of carboxylic acid groups (broad SMARTS) is 1. The van der Waals surface area contributed by atoms with Crippen molar-refractivity contribution in [3.63, 3.8) is 0 Å². The number of nitrogens with zero attached hydrogens (tertiary/aromatic N) is 2. The lowest BCUT2D eigenvalue weighted by Crippen LogP contribution is -2.12. The second-order valence-electron chi connectivity index (χ2n) is 8.80. The van der Waals surface area contributed by atoms with Crippen LogP contribution in [0.1, 0.15) is 56.3 Å². The number of rotatable bonds is 7. The third-order valence-corrected chi connectivity index (χ3v) is 6.28. The molecule has 35 heavy (non-hydrogen) atoms. The van der Waals surface area contributed by atoms with E-state index in [1.165, 1.54) is 11.1 Å². The highest BCUT2D eigenvalue weighted by Crippen LogP contribution is 2.33. The largest absolute Gasteiger partial charge is 0.478 e. The minimum Gasteiger partial charge on any atom is -0.478 e.